The number of nitro groups is 1. The Kier molecular flexibility index (Phi) is 5.87. The van der Waals surface area contributed by atoms with Gasteiger partial charge in [-0.25, -0.2) is 0 Å². The number of nitro benzene ring substituents is 1. The van der Waals surface area contributed by atoms with Gasteiger partial charge in [0.2, 0.25) is 11.7 Å². The highest BCUT2D eigenvalue weighted by atomic mass is 16.6. The standard InChI is InChI=1S/C20H20N4O5/c1-13(2)23(20(25)15-4-8-16(9-5-15)24(26)27)12-18-21-19(22-29-18)14-6-10-17(28-3)11-7-14/h4-11,13H,12H2,1-3H3. The van der Waals surface area contributed by atoms with Gasteiger partial charge in [-0.1, -0.05) is 5.16 Å². The molecule has 9 nitrogen and oxygen atoms in total. The van der Waals surface area contributed by atoms with Gasteiger partial charge in [0.1, 0.15) is 12.3 Å². The van der Waals surface area contributed by atoms with Crippen LogP contribution in [-0.2, 0) is 6.54 Å². The van der Waals surface area contributed by atoms with Crippen LogP contribution in [0.25, 0.3) is 11.4 Å². The van der Waals surface area contributed by atoms with Gasteiger partial charge in [0.05, 0.1) is 12.0 Å². The molecule has 0 saturated carbocycles. The van der Waals surface area contributed by atoms with E-state index in [-0.39, 0.29) is 24.2 Å². The number of aromatic nitrogens is 2. The number of rotatable bonds is 7. The zero-order valence-electron chi connectivity index (χ0n) is 16.2. The Morgan fingerprint density at radius 1 is 1.17 bits per heavy atom. The van der Waals surface area contributed by atoms with Gasteiger partial charge in [-0.2, -0.15) is 4.98 Å². The maximum Gasteiger partial charge on any atom is 0.269 e. The number of nitrogens with zero attached hydrogens (tertiary/aromatic N) is 4. The molecule has 29 heavy (non-hydrogen) atoms. The van der Waals surface area contributed by atoms with Gasteiger partial charge in [-0.05, 0) is 50.2 Å². The van der Waals surface area contributed by atoms with Gasteiger partial charge in [0.25, 0.3) is 11.6 Å². The fraction of sp³-hybridized carbons (Fsp3) is 0.250. The zero-order chi connectivity index (χ0) is 21.0. The topological polar surface area (TPSA) is 112 Å². The van der Waals surface area contributed by atoms with Crippen LogP contribution in [0.3, 0.4) is 0 Å². The first kappa shape index (κ1) is 20.0. The molecule has 0 saturated heterocycles. The molecule has 1 amide bonds. The van der Waals surface area contributed by atoms with E-state index in [2.05, 4.69) is 10.1 Å². The van der Waals surface area contributed by atoms with Crippen molar-refractivity contribution in [3.8, 4) is 17.1 Å². The first-order valence-electron chi connectivity index (χ1n) is 8.91. The van der Waals surface area contributed by atoms with Crippen LogP contribution in [0.15, 0.2) is 53.1 Å². The van der Waals surface area contributed by atoms with Crippen molar-refractivity contribution in [1.82, 2.24) is 15.0 Å². The third-order valence-corrected chi connectivity index (χ3v) is 4.33. The van der Waals surface area contributed by atoms with Crippen LogP contribution in [0.2, 0.25) is 0 Å². The number of carbonyl (C=O) groups excluding carboxylic acids is 1. The van der Waals surface area contributed by atoms with Crippen LogP contribution < -0.4 is 4.74 Å². The Morgan fingerprint density at radius 2 is 1.83 bits per heavy atom. The van der Waals surface area contributed by atoms with E-state index in [1.54, 1.807) is 24.1 Å². The molecule has 0 spiro atoms. The lowest BCUT2D eigenvalue weighted by Gasteiger charge is -2.25. The molecule has 2 aromatic carbocycles. The smallest absolute Gasteiger partial charge is 0.269 e. The highest BCUT2D eigenvalue weighted by Gasteiger charge is 2.22. The van der Waals surface area contributed by atoms with Crippen molar-refractivity contribution < 1.29 is 19.0 Å². The summed E-state index contributed by atoms with van der Waals surface area (Å²) in [6.45, 7) is 3.85. The molecule has 9 heteroatoms. The summed E-state index contributed by atoms with van der Waals surface area (Å²) in [6, 6.07) is 12.6. The Hall–Kier alpha value is -3.75. The van der Waals surface area contributed by atoms with Crippen molar-refractivity contribution in [3.63, 3.8) is 0 Å². The Balaban J connectivity index is 1.77. The highest BCUT2D eigenvalue weighted by molar-refractivity contribution is 5.94. The molecule has 0 N–H and O–H groups in total. The molecule has 3 rings (SSSR count). The minimum atomic E-state index is -0.506. The Morgan fingerprint density at radius 3 is 2.38 bits per heavy atom. The predicted octanol–water partition coefficient (Wildman–Crippen LogP) is 3.70. The van der Waals surface area contributed by atoms with Crippen LogP contribution in [0.5, 0.6) is 5.75 Å². The zero-order valence-corrected chi connectivity index (χ0v) is 16.2. The van der Waals surface area contributed by atoms with Crippen LogP contribution in [0.4, 0.5) is 5.69 Å². The second-order valence-corrected chi connectivity index (χ2v) is 6.57. The van der Waals surface area contributed by atoms with Crippen molar-refractivity contribution in [2.24, 2.45) is 0 Å². The molecular formula is C20H20N4O5. The van der Waals surface area contributed by atoms with E-state index in [0.717, 1.165) is 11.3 Å². The van der Waals surface area contributed by atoms with Crippen molar-refractivity contribution >= 4 is 11.6 Å². The van der Waals surface area contributed by atoms with E-state index in [1.165, 1.54) is 24.3 Å². The SMILES string of the molecule is COc1ccc(-c2noc(CN(C(=O)c3ccc([N+](=O)[O-])cc3)C(C)C)n2)cc1. The van der Waals surface area contributed by atoms with Crippen LogP contribution in [0.1, 0.15) is 30.1 Å². The summed E-state index contributed by atoms with van der Waals surface area (Å²) < 4.78 is 10.4. The van der Waals surface area contributed by atoms with Crippen LogP contribution in [0, 0.1) is 10.1 Å². The maximum atomic E-state index is 12.9. The van der Waals surface area contributed by atoms with Gasteiger partial charge in [-0.15, -0.1) is 0 Å². The number of benzene rings is 2. The molecule has 1 heterocycles. The van der Waals surface area contributed by atoms with E-state index in [0.29, 0.717) is 17.3 Å². The Bertz CT molecular complexity index is 996. The minimum Gasteiger partial charge on any atom is -0.497 e. The second kappa shape index (κ2) is 8.51. The van der Waals surface area contributed by atoms with Crippen LogP contribution in [-0.4, -0.2) is 39.0 Å². The van der Waals surface area contributed by atoms with Crippen molar-refractivity contribution in [2.45, 2.75) is 26.4 Å². The number of hydrogen-bond donors (Lipinski definition) is 0. The minimum absolute atomic E-state index is 0.0707. The Labute approximate surface area is 167 Å². The molecule has 0 aliphatic heterocycles. The lowest BCUT2D eigenvalue weighted by Crippen LogP contribution is -2.36. The fourth-order valence-corrected chi connectivity index (χ4v) is 2.70. The molecule has 0 unspecified atom stereocenters. The van der Waals surface area contributed by atoms with Gasteiger partial charge in [0.15, 0.2) is 0 Å². The molecule has 0 aliphatic rings. The van der Waals surface area contributed by atoms with Crippen molar-refractivity contribution in [2.75, 3.05) is 7.11 Å². The summed E-state index contributed by atoms with van der Waals surface area (Å²) in [5.74, 6) is 1.14. The summed E-state index contributed by atoms with van der Waals surface area (Å²) in [6.07, 6.45) is 0. The van der Waals surface area contributed by atoms with Crippen molar-refractivity contribution in [3.05, 3.63) is 70.1 Å². The third-order valence-electron chi connectivity index (χ3n) is 4.33. The van der Waals surface area contributed by atoms with Gasteiger partial charge in [0, 0.05) is 29.3 Å². The molecule has 0 aliphatic carbocycles. The van der Waals surface area contributed by atoms with E-state index < -0.39 is 4.92 Å². The largest absolute Gasteiger partial charge is 0.497 e. The third kappa shape index (κ3) is 4.57. The number of hydrogen-bond acceptors (Lipinski definition) is 7. The van der Waals surface area contributed by atoms with E-state index >= 15 is 0 Å². The fourth-order valence-electron chi connectivity index (χ4n) is 2.70. The number of methoxy groups -OCH3 is 1. The molecule has 0 fully saturated rings. The number of amides is 1. The van der Waals surface area contributed by atoms with Gasteiger partial charge in [-0.3, -0.25) is 14.9 Å². The molecule has 0 atom stereocenters. The monoisotopic (exact) mass is 396 g/mol. The normalized spacial score (nSPS) is 10.8. The number of non-ortho nitro benzene ring substituents is 1. The lowest BCUT2D eigenvalue weighted by atomic mass is 10.1. The predicted molar refractivity (Wildman–Crippen MR) is 104 cm³/mol. The second-order valence-electron chi connectivity index (χ2n) is 6.57. The summed E-state index contributed by atoms with van der Waals surface area (Å²) in [4.78, 5) is 29.1. The molecular weight excluding hydrogens is 376 g/mol. The number of carbonyl (C=O) groups is 1. The average molecular weight is 396 g/mol. The molecule has 0 radical (unpaired) electrons. The highest BCUT2D eigenvalue weighted by Crippen LogP contribution is 2.21. The summed E-state index contributed by atoms with van der Waals surface area (Å²) in [5.41, 5.74) is 1.04. The first-order chi connectivity index (χ1) is 13.9. The van der Waals surface area contributed by atoms with E-state index in [1.807, 2.05) is 26.0 Å². The molecule has 0 bridgehead atoms. The quantitative estimate of drug-likeness (QED) is 0.442. The molecule has 3 aromatic rings. The van der Waals surface area contributed by atoms with Crippen LogP contribution >= 0.6 is 0 Å². The number of ether oxygens (including phenoxy) is 1. The first-order valence-corrected chi connectivity index (χ1v) is 8.91. The van der Waals surface area contributed by atoms with Gasteiger partial charge < -0.3 is 14.2 Å². The van der Waals surface area contributed by atoms with Gasteiger partial charge >= 0.3 is 0 Å². The maximum absolute atomic E-state index is 12.9. The summed E-state index contributed by atoms with van der Waals surface area (Å²) >= 11 is 0. The molecule has 1 aromatic heterocycles. The summed E-state index contributed by atoms with van der Waals surface area (Å²) in [5, 5.41) is 14.8. The lowest BCUT2D eigenvalue weighted by molar-refractivity contribution is -0.384. The average Bonchev–Trinajstić information content (AvgIpc) is 3.20. The molecule has 150 valence electrons. The van der Waals surface area contributed by atoms with E-state index in [4.69, 9.17) is 9.26 Å². The van der Waals surface area contributed by atoms with E-state index in [9.17, 15) is 14.9 Å². The van der Waals surface area contributed by atoms with Crippen molar-refractivity contribution in [1.29, 1.82) is 0 Å². The summed E-state index contributed by atoms with van der Waals surface area (Å²) in [7, 11) is 1.59.